The first kappa shape index (κ1) is 16.0. The number of aliphatic hydroxyl groups excluding tert-OH is 1. The van der Waals surface area contributed by atoms with Crippen LogP contribution in [0.5, 0.6) is 0 Å². The Hall–Kier alpha value is -1.36. The summed E-state index contributed by atoms with van der Waals surface area (Å²) in [4.78, 5) is 0. The minimum Gasteiger partial charge on any atom is -0.394 e. The van der Waals surface area contributed by atoms with Crippen LogP contribution >= 0.6 is 11.6 Å². The van der Waals surface area contributed by atoms with Gasteiger partial charge in [-0.2, -0.15) is 5.10 Å². The van der Waals surface area contributed by atoms with Crippen molar-refractivity contribution in [2.45, 2.75) is 38.9 Å². The first-order chi connectivity index (χ1) is 9.98. The van der Waals surface area contributed by atoms with E-state index in [1.807, 2.05) is 41.9 Å². The number of nitrogens with one attached hydrogen (secondary N) is 1. The molecule has 21 heavy (non-hydrogen) atoms. The van der Waals surface area contributed by atoms with E-state index in [9.17, 15) is 5.11 Å². The molecule has 1 heterocycles. The van der Waals surface area contributed by atoms with E-state index in [-0.39, 0.29) is 12.6 Å². The Balaban J connectivity index is 2.42. The molecular formula is C16H22ClN3O. The molecule has 0 bridgehead atoms. The van der Waals surface area contributed by atoms with Crippen molar-refractivity contribution in [2.24, 2.45) is 0 Å². The molecule has 0 amide bonds. The predicted octanol–water partition coefficient (Wildman–Crippen LogP) is 2.73. The fourth-order valence-corrected chi connectivity index (χ4v) is 2.70. The van der Waals surface area contributed by atoms with Gasteiger partial charge in [0.25, 0.3) is 0 Å². The minimum atomic E-state index is -0.588. The van der Waals surface area contributed by atoms with Gasteiger partial charge in [-0.05, 0) is 26.3 Å². The average Bonchev–Trinajstić information content (AvgIpc) is 2.79. The lowest BCUT2D eigenvalue weighted by molar-refractivity contribution is 0.128. The number of nitrogens with zero attached hydrogens (tertiary/aromatic N) is 2. The Morgan fingerprint density at radius 1 is 1.33 bits per heavy atom. The van der Waals surface area contributed by atoms with Gasteiger partial charge in [0.2, 0.25) is 0 Å². The molecule has 0 radical (unpaired) electrons. The molecule has 0 aliphatic heterocycles. The lowest BCUT2D eigenvalue weighted by Gasteiger charge is -2.36. The predicted molar refractivity (Wildman–Crippen MR) is 85.5 cm³/mol. The van der Waals surface area contributed by atoms with Crippen molar-refractivity contribution in [1.29, 1.82) is 0 Å². The van der Waals surface area contributed by atoms with E-state index >= 15 is 0 Å². The lowest BCUT2D eigenvalue weighted by atomic mass is 9.89. The van der Waals surface area contributed by atoms with E-state index in [2.05, 4.69) is 24.3 Å². The maximum absolute atomic E-state index is 10.1. The normalized spacial score (nSPS) is 14.4. The zero-order chi connectivity index (χ0) is 15.5. The fraction of sp³-hybridized carbons (Fsp3) is 0.438. The summed E-state index contributed by atoms with van der Waals surface area (Å²) in [6.07, 6.45) is 1.64. The van der Waals surface area contributed by atoms with E-state index in [4.69, 9.17) is 11.6 Å². The van der Waals surface area contributed by atoms with Crippen LogP contribution in [0.2, 0.25) is 5.02 Å². The lowest BCUT2D eigenvalue weighted by Crippen LogP contribution is -2.52. The van der Waals surface area contributed by atoms with E-state index in [1.165, 1.54) is 0 Å². The molecule has 0 spiro atoms. The second-order valence-corrected chi connectivity index (χ2v) is 6.05. The van der Waals surface area contributed by atoms with E-state index in [1.54, 1.807) is 6.20 Å². The first-order valence-corrected chi connectivity index (χ1v) is 7.48. The maximum atomic E-state index is 10.1. The van der Waals surface area contributed by atoms with E-state index in [0.717, 1.165) is 11.3 Å². The molecular weight excluding hydrogens is 286 g/mol. The summed E-state index contributed by atoms with van der Waals surface area (Å²) in [5.41, 5.74) is 1.35. The Morgan fingerprint density at radius 3 is 2.48 bits per heavy atom. The summed E-state index contributed by atoms with van der Waals surface area (Å²) < 4.78 is 1.83. The summed E-state index contributed by atoms with van der Waals surface area (Å²) in [6.45, 7) is 6.56. The highest BCUT2D eigenvalue weighted by Crippen LogP contribution is 2.25. The smallest absolute Gasteiger partial charge is 0.0869 e. The highest BCUT2D eigenvalue weighted by Gasteiger charge is 2.33. The summed E-state index contributed by atoms with van der Waals surface area (Å²) in [6, 6.07) is 10.2. The summed E-state index contributed by atoms with van der Waals surface area (Å²) in [7, 11) is 0. The molecule has 2 rings (SSSR count). The molecule has 2 N–H and O–H groups in total. The fourth-order valence-electron chi connectivity index (χ4n) is 2.56. The van der Waals surface area contributed by atoms with Gasteiger partial charge in [-0.25, -0.2) is 0 Å². The topological polar surface area (TPSA) is 50.1 Å². The van der Waals surface area contributed by atoms with E-state index < -0.39 is 5.54 Å². The third-order valence-corrected chi connectivity index (χ3v) is 4.00. The molecule has 1 atom stereocenters. The number of benzene rings is 1. The summed E-state index contributed by atoms with van der Waals surface area (Å²) in [5.74, 6) is 0. The Kier molecular flexibility index (Phi) is 5.04. The monoisotopic (exact) mass is 307 g/mol. The van der Waals surface area contributed by atoms with Crippen molar-refractivity contribution in [1.82, 2.24) is 15.1 Å². The van der Waals surface area contributed by atoms with Crippen molar-refractivity contribution in [3.8, 4) is 0 Å². The Labute approximate surface area is 130 Å². The Bertz CT molecular complexity index is 582. The second kappa shape index (κ2) is 6.60. The van der Waals surface area contributed by atoms with E-state index in [0.29, 0.717) is 11.6 Å². The van der Waals surface area contributed by atoms with Gasteiger partial charge in [-0.1, -0.05) is 41.9 Å². The summed E-state index contributed by atoms with van der Waals surface area (Å²) in [5, 5.41) is 18.5. The third-order valence-electron chi connectivity index (χ3n) is 3.62. The maximum Gasteiger partial charge on any atom is 0.0869 e. The molecule has 1 aromatic carbocycles. The number of hydrogen-bond acceptors (Lipinski definition) is 3. The van der Waals surface area contributed by atoms with Crippen LogP contribution in [-0.4, -0.2) is 27.5 Å². The number of aromatic nitrogens is 2. The van der Waals surface area contributed by atoms with Crippen LogP contribution in [0.25, 0.3) is 0 Å². The molecule has 1 aromatic heterocycles. The van der Waals surface area contributed by atoms with Gasteiger partial charge in [0.05, 0.1) is 35.6 Å². The van der Waals surface area contributed by atoms with Crippen molar-refractivity contribution < 1.29 is 5.11 Å². The standard InChI is InChI=1S/C16H22ClN3O/c1-12(2)19-16(11-21,14-7-5-4-6-8-14)10-20-13(3)15(17)9-18-20/h4-9,12,19,21H,10-11H2,1-3H3. The van der Waals surface area contributed by atoms with Gasteiger partial charge in [0.1, 0.15) is 0 Å². The van der Waals surface area contributed by atoms with Crippen molar-refractivity contribution in [3.63, 3.8) is 0 Å². The van der Waals surface area contributed by atoms with Crippen LogP contribution in [0, 0.1) is 6.92 Å². The SMILES string of the molecule is Cc1c(Cl)cnn1CC(CO)(NC(C)C)c1ccccc1. The highest BCUT2D eigenvalue weighted by atomic mass is 35.5. The molecule has 4 nitrogen and oxygen atoms in total. The zero-order valence-electron chi connectivity index (χ0n) is 12.7. The first-order valence-electron chi connectivity index (χ1n) is 7.10. The van der Waals surface area contributed by atoms with Crippen LogP contribution in [0.15, 0.2) is 36.5 Å². The molecule has 2 aromatic rings. The number of hydrogen-bond donors (Lipinski definition) is 2. The van der Waals surface area contributed by atoms with Crippen molar-refractivity contribution >= 4 is 11.6 Å². The van der Waals surface area contributed by atoms with Crippen molar-refractivity contribution in [3.05, 3.63) is 52.8 Å². The molecule has 0 aliphatic carbocycles. The molecule has 1 unspecified atom stereocenters. The third kappa shape index (κ3) is 3.46. The second-order valence-electron chi connectivity index (χ2n) is 5.64. The van der Waals surface area contributed by atoms with Crippen LogP contribution in [0.3, 0.4) is 0 Å². The molecule has 114 valence electrons. The van der Waals surface area contributed by atoms with Gasteiger partial charge in [-0.3, -0.25) is 4.68 Å². The van der Waals surface area contributed by atoms with Crippen LogP contribution < -0.4 is 5.32 Å². The van der Waals surface area contributed by atoms with Crippen LogP contribution in [-0.2, 0) is 12.1 Å². The highest BCUT2D eigenvalue weighted by molar-refractivity contribution is 6.31. The van der Waals surface area contributed by atoms with Gasteiger partial charge < -0.3 is 10.4 Å². The van der Waals surface area contributed by atoms with Gasteiger partial charge in [-0.15, -0.1) is 0 Å². The molecule has 0 aliphatic rings. The number of aliphatic hydroxyl groups is 1. The van der Waals surface area contributed by atoms with Crippen LogP contribution in [0.1, 0.15) is 25.1 Å². The molecule has 0 saturated heterocycles. The van der Waals surface area contributed by atoms with Gasteiger partial charge in [0, 0.05) is 6.04 Å². The summed E-state index contributed by atoms with van der Waals surface area (Å²) >= 11 is 6.09. The van der Waals surface area contributed by atoms with Crippen LogP contribution in [0.4, 0.5) is 0 Å². The van der Waals surface area contributed by atoms with Gasteiger partial charge in [0.15, 0.2) is 0 Å². The zero-order valence-corrected chi connectivity index (χ0v) is 13.4. The largest absolute Gasteiger partial charge is 0.394 e. The number of halogens is 1. The average molecular weight is 308 g/mol. The van der Waals surface area contributed by atoms with Crippen molar-refractivity contribution in [2.75, 3.05) is 6.61 Å². The molecule has 0 fully saturated rings. The minimum absolute atomic E-state index is 0.0217. The number of rotatable bonds is 6. The van der Waals surface area contributed by atoms with Gasteiger partial charge >= 0.3 is 0 Å². The molecule has 5 heteroatoms. The Morgan fingerprint density at radius 2 is 2.00 bits per heavy atom. The molecule has 0 saturated carbocycles. The quantitative estimate of drug-likeness (QED) is 0.863.